The number of carbonyl (C=O) groups excluding carboxylic acids is 1. The molecule has 1 amide bonds. The zero-order valence-corrected chi connectivity index (χ0v) is 8.78. The van der Waals surface area contributed by atoms with Crippen LogP contribution in [0.3, 0.4) is 0 Å². The predicted octanol–water partition coefficient (Wildman–Crippen LogP) is 2.08. The topological polar surface area (TPSA) is 29.1 Å². The van der Waals surface area contributed by atoms with Crippen molar-refractivity contribution in [1.29, 1.82) is 0 Å². The molecule has 0 aliphatic rings. The van der Waals surface area contributed by atoms with Gasteiger partial charge in [-0.15, -0.1) is 0 Å². The van der Waals surface area contributed by atoms with Crippen molar-refractivity contribution in [3.63, 3.8) is 0 Å². The predicted molar refractivity (Wildman–Crippen MR) is 50.9 cm³/mol. The molecule has 0 spiro atoms. The molecule has 0 aliphatic carbocycles. The Bertz CT molecular complexity index is 117. The van der Waals surface area contributed by atoms with Crippen LogP contribution in [0.15, 0.2) is 0 Å². The van der Waals surface area contributed by atoms with Gasteiger partial charge in [-0.05, 0) is 12.8 Å². The Labute approximate surface area is 76.9 Å². The Morgan fingerprint density at radius 3 is 2.64 bits per heavy atom. The fraction of sp³-hybridized carbons (Fsp3) is 0.875. The second-order valence-corrected chi connectivity index (χ2v) is 3.85. The molecule has 0 saturated heterocycles. The van der Waals surface area contributed by atoms with E-state index in [-0.39, 0.29) is 5.91 Å². The fourth-order valence-corrected chi connectivity index (χ4v) is 0.846. The Balaban J connectivity index is 3.30. The minimum absolute atomic E-state index is 0.158. The summed E-state index contributed by atoms with van der Waals surface area (Å²) >= 11 is 3.44. The lowest BCUT2D eigenvalue weighted by Gasteiger charge is -2.07. The van der Waals surface area contributed by atoms with Crippen LogP contribution in [0.5, 0.6) is 0 Å². The summed E-state index contributed by atoms with van der Waals surface area (Å²) in [5.41, 5.74) is 0. The third kappa shape index (κ3) is 6.35. The zero-order chi connectivity index (χ0) is 8.69. The van der Waals surface area contributed by atoms with E-state index in [0.717, 1.165) is 19.4 Å². The molecule has 2 nitrogen and oxygen atoms in total. The van der Waals surface area contributed by atoms with Crippen LogP contribution >= 0.6 is 15.9 Å². The molecule has 1 atom stereocenters. The van der Waals surface area contributed by atoms with E-state index in [1.165, 1.54) is 0 Å². The number of hydrogen-bond donors (Lipinski definition) is 1. The van der Waals surface area contributed by atoms with Crippen molar-refractivity contribution in [3.05, 3.63) is 0 Å². The molecule has 0 fully saturated rings. The van der Waals surface area contributed by atoms with Crippen molar-refractivity contribution < 1.29 is 4.79 Å². The molecule has 1 N–H and O–H groups in total. The highest BCUT2D eigenvalue weighted by molar-refractivity contribution is 9.09. The van der Waals surface area contributed by atoms with Gasteiger partial charge in [-0.2, -0.15) is 0 Å². The van der Waals surface area contributed by atoms with Crippen molar-refractivity contribution in [1.82, 2.24) is 5.32 Å². The summed E-state index contributed by atoms with van der Waals surface area (Å²) < 4.78 is 0. The summed E-state index contributed by atoms with van der Waals surface area (Å²) in [6, 6.07) is 0. The Morgan fingerprint density at radius 1 is 1.55 bits per heavy atom. The van der Waals surface area contributed by atoms with Crippen LogP contribution in [0.1, 0.15) is 33.1 Å². The van der Waals surface area contributed by atoms with E-state index >= 15 is 0 Å². The first kappa shape index (κ1) is 11.0. The Hall–Kier alpha value is -0.0500. The highest BCUT2D eigenvalue weighted by Gasteiger charge is 2.02. The average molecular weight is 222 g/mol. The summed E-state index contributed by atoms with van der Waals surface area (Å²) in [6.07, 6.45) is 2.61. The minimum Gasteiger partial charge on any atom is -0.355 e. The number of nitrogens with one attached hydrogen (secondary N) is 1. The number of hydrogen-bond acceptors (Lipinski definition) is 1. The lowest BCUT2D eigenvalue weighted by molar-refractivity contribution is -0.121. The van der Waals surface area contributed by atoms with Gasteiger partial charge in [0.25, 0.3) is 0 Å². The maximum Gasteiger partial charge on any atom is 0.220 e. The van der Waals surface area contributed by atoms with Crippen molar-refractivity contribution in [2.24, 2.45) is 0 Å². The number of halogens is 1. The number of alkyl halides is 1. The van der Waals surface area contributed by atoms with Crippen molar-refractivity contribution in [3.8, 4) is 0 Å². The van der Waals surface area contributed by atoms with Crippen LogP contribution in [0.25, 0.3) is 0 Å². The van der Waals surface area contributed by atoms with E-state index in [0.29, 0.717) is 11.2 Å². The van der Waals surface area contributed by atoms with Crippen LogP contribution in [-0.2, 0) is 4.79 Å². The number of amides is 1. The third-order valence-corrected chi connectivity index (χ3v) is 2.41. The van der Waals surface area contributed by atoms with Crippen molar-refractivity contribution >= 4 is 21.8 Å². The largest absolute Gasteiger partial charge is 0.355 e. The number of carbonyl (C=O) groups is 1. The normalized spacial score (nSPS) is 12.6. The van der Waals surface area contributed by atoms with Gasteiger partial charge in [0.1, 0.15) is 0 Å². The summed E-state index contributed by atoms with van der Waals surface area (Å²) in [7, 11) is 0. The van der Waals surface area contributed by atoms with Crippen LogP contribution in [0.4, 0.5) is 0 Å². The molecule has 3 heteroatoms. The van der Waals surface area contributed by atoms with E-state index in [9.17, 15) is 4.79 Å². The summed E-state index contributed by atoms with van der Waals surface area (Å²) in [5, 5.41) is 2.85. The van der Waals surface area contributed by atoms with E-state index < -0.39 is 0 Å². The molecule has 0 aliphatic heterocycles. The van der Waals surface area contributed by atoms with Gasteiger partial charge in [0.05, 0.1) is 0 Å². The molecule has 0 aromatic rings. The van der Waals surface area contributed by atoms with Crippen LogP contribution in [0, 0.1) is 0 Å². The molecule has 0 radical (unpaired) electrons. The Morgan fingerprint density at radius 2 is 2.18 bits per heavy atom. The fourth-order valence-electron chi connectivity index (χ4n) is 0.684. The molecule has 0 rings (SSSR count). The molecule has 0 aromatic heterocycles. The lowest BCUT2D eigenvalue weighted by Crippen LogP contribution is -2.28. The van der Waals surface area contributed by atoms with Gasteiger partial charge in [-0.25, -0.2) is 0 Å². The van der Waals surface area contributed by atoms with Crippen LogP contribution in [-0.4, -0.2) is 17.3 Å². The SMILES string of the molecule is CCCC(=O)NCC(Br)CC. The highest BCUT2D eigenvalue weighted by Crippen LogP contribution is 2.01. The standard InChI is InChI=1S/C8H16BrNO/c1-3-5-8(11)10-6-7(9)4-2/h7H,3-6H2,1-2H3,(H,10,11). The minimum atomic E-state index is 0.158. The summed E-state index contributed by atoms with van der Waals surface area (Å²) in [5.74, 6) is 0.158. The zero-order valence-electron chi connectivity index (χ0n) is 7.19. The molecule has 0 aromatic carbocycles. The average Bonchev–Trinajstić information content (AvgIpc) is 2.01. The molecule has 0 bridgehead atoms. The second-order valence-electron chi connectivity index (χ2n) is 2.56. The van der Waals surface area contributed by atoms with E-state index in [2.05, 4.69) is 28.2 Å². The second kappa shape index (κ2) is 6.65. The third-order valence-electron chi connectivity index (χ3n) is 1.44. The smallest absolute Gasteiger partial charge is 0.220 e. The van der Waals surface area contributed by atoms with Gasteiger partial charge in [-0.1, -0.05) is 29.8 Å². The first-order chi connectivity index (χ1) is 5.20. The maximum absolute atomic E-state index is 10.9. The van der Waals surface area contributed by atoms with Crippen molar-refractivity contribution in [2.75, 3.05) is 6.54 Å². The first-order valence-electron chi connectivity index (χ1n) is 4.11. The lowest BCUT2D eigenvalue weighted by atomic mass is 10.3. The molecular weight excluding hydrogens is 206 g/mol. The molecule has 11 heavy (non-hydrogen) atoms. The van der Waals surface area contributed by atoms with Gasteiger partial charge in [0.2, 0.25) is 5.91 Å². The van der Waals surface area contributed by atoms with Crippen LogP contribution in [0.2, 0.25) is 0 Å². The van der Waals surface area contributed by atoms with Gasteiger partial charge in [-0.3, -0.25) is 4.79 Å². The summed E-state index contributed by atoms with van der Waals surface area (Å²) in [4.78, 5) is 11.4. The quantitative estimate of drug-likeness (QED) is 0.709. The van der Waals surface area contributed by atoms with Gasteiger partial charge >= 0.3 is 0 Å². The van der Waals surface area contributed by atoms with E-state index in [4.69, 9.17) is 0 Å². The van der Waals surface area contributed by atoms with Crippen molar-refractivity contribution in [2.45, 2.75) is 37.9 Å². The molecule has 1 unspecified atom stereocenters. The van der Waals surface area contributed by atoms with Gasteiger partial charge in [0, 0.05) is 17.8 Å². The van der Waals surface area contributed by atoms with E-state index in [1.54, 1.807) is 0 Å². The van der Waals surface area contributed by atoms with Gasteiger partial charge < -0.3 is 5.32 Å². The Kier molecular flexibility index (Phi) is 6.62. The molecule has 0 saturated carbocycles. The molecule has 0 heterocycles. The van der Waals surface area contributed by atoms with Gasteiger partial charge in [0.15, 0.2) is 0 Å². The maximum atomic E-state index is 10.9. The summed E-state index contributed by atoms with van der Waals surface area (Å²) in [6.45, 7) is 4.84. The van der Waals surface area contributed by atoms with Crippen LogP contribution < -0.4 is 5.32 Å². The first-order valence-corrected chi connectivity index (χ1v) is 5.03. The highest BCUT2D eigenvalue weighted by atomic mass is 79.9. The number of rotatable bonds is 5. The van der Waals surface area contributed by atoms with E-state index in [1.807, 2.05) is 6.92 Å². The molecular formula is C8H16BrNO. The monoisotopic (exact) mass is 221 g/mol. The molecule has 66 valence electrons.